The van der Waals surface area contributed by atoms with E-state index in [9.17, 15) is 27.0 Å². The van der Waals surface area contributed by atoms with Crippen LogP contribution >= 0.6 is 0 Å². The first kappa shape index (κ1) is 24.9. The summed E-state index contributed by atoms with van der Waals surface area (Å²) in [6.07, 6.45) is 7.65. The van der Waals surface area contributed by atoms with Crippen LogP contribution in [0.3, 0.4) is 0 Å². The molecule has 0 aromatic carbocycles. The van der Waals surface area contributed by atoms with Crippen LogP contribution in [-0.2, 0) is 28.6 Å². The van der Waals surface area contributed by atoms with E-state index in [2.05, 4.69) is 6.92 Å². The molecule has 2 bridgehead atoms. The van der Waals surface area contributed by atoms with Crippen molar-refractivity contribution in [3.8, 4) is 0 Å². The molecule has 0 radical (unpaired) electrons. The van der Waals surface area contributed by atoms with E-state index in [0.29, 0.717) is 18.8 Å². The zero-order valence-corrected chi connectivity index (χ0v) is 21.2. The van der Waals surface area contributed by atoms with Gasteiger partial charge in [-0.1, -0.05) is 13.8 Å². The highest BCUT2D eigenvalue weighted by Gasteiger charge is 2.70. The summed E-state index contributed by atoms with van der Waals surface area (Å²) in [5.74, 6) is 0.509. The number of hydrogen-bond acceptors (Lipinski definition) is 8. The fourth-order valence-corrected chi connectivity index (χ4v) is 9.23. The summed E-state index contributed by atoms with van der Waals surface area (Å²) in [5, 5.41) is 22.3. The molecule has 0 heterocycles. The average molecular weight is 495 g/mol. The number of fused-ring (bicyclic) bond motifs is 2. The lowest BCUT2D eigenvalue weighted by Crippen LogP contribution is -2.63. The van der Waals surface area contributed by atoms with Crippen LogP contribution < -0.4 is 0 Å². The van der Waals surface area contributed by atoms with Crippen LogP contribution in [0.1, 0.15) is 65.2 Å². The molecule has 0 unspecified atom stereocenters. The molecule has 8 nitrogen and oxygen atoms in total. The van der Waals surface area contributed by atoms with Crippen LogP contribution in [0.25, 0.3) is 0 Å². The molecule has 4 rings (SSSR count). The molecule has 0 aliphatic heterocycles. The van der Waals surface area contributed by atoms with Crippen molar-refractivity contribution < 1.29 is 35.4 Å². The highest BCUT2D eigenvalue weighted by molar-refractivity contribution is 7.86. The zero-order chi connectivity index (χ0) is 23.8. The average Bonchev–Trinajstić information content (AvgIpc) is 3.02. The van der Waals surface area contributed by atoms with Gasteiger partial charge < -0.3 is 10.2 Å². The minimum Gasteiger partial charge on any atom is -0.392 e. The maximum Gasteiger partial charge on any atom is 0.264 e. The Morgan fingerprint density at radius 2 is 1.50 bits per heavy atom. The van der Waals surface area contributed by atoms with Gasteiger partial charge in [-0.3, -0.25) is 8.37 Å². The molecule has 1 spiro atoms. The van der Waals surface area contributed by atoms with Gasteiger partial charge in [0.2, 0.25) is 0 Å². The molecule has 2 N–H and O–H groups in total. The molecule has 0 amide bonds. The van der Waals surface area contributed by atoms with Gasteiger partial charge in [-0.15, -0.1) is 0 Å². The Morgan fingerprint density at radius 1 is 0.875 bits per heavy atom. The molecule has 4 aliphatic rings. The van der Waals surface area contributed by atoms with E-state index < -0.39 is 37.4 Å². The maximum absolute atomic E-state index is 11.7. The fraction of sp³-hybridized carbons (Fsp3) is 1.00. The van der Waals surface area contributed by atoms with E-state index in [-0.39, 0.29) is 35.9 Å². The van der Waals surface area contributed by atoms with Crippen molar-refractivity contribution in [3.63, 3.8) is 0 Å². The lowest BCUT2D eigenvalue weighted by molar-refractivity contribution is -0.213. The molecule has 0 aromatic heterocycles. The molecule has 10 heteroatoms. The zero-order valence-electron chi connectivity index (χ0n) is 19.5. The van der Waals surface area contributed by atoms with Crippen molar-refractivity contribution in [2.45, 2.75) is 76.9 Å². The maximum atomic E-state index is 11.7. The summed E-state index contributed by atoms with van der Waals surface area (Å²) in [6, 6.07) is 0. The van der Waals surface area contributed by atoms with Crippen molar-refractivity contribution in [1.29, 1.82) is 0 Å². The largest absolute Gasteiger partial charge is 0.392 e. The van der Waals surface area contributed by atoms with Crippen LogP contribution in [0.15, 0.2) is 0 Å². The number of aliphatic hydroxyl groups excluding tert-OH is 1. The van der Waals surface area contributed by atoms with Gasteiger partial charge in [0.15, 0.2) is 0 Å². The fourth-order valence-electron chi connectivity index (χ4n) is 8.34. The van der Waals surface area contributed by atoms with Crippen LogP contribution in [0, 0.1) is 34.0 Å². The standard InChI is InChI=1S/C22H38O8S2/c1-19(13-29-31(3,25)26)17-6-5-15-11-16-12-21(15,20(17,2)8-7-18(19)23)9-10-22(16,24)14-30-32(4,27)28/h15-18,23-24H,5-14H2,1-4H3/t15-,16+,17-,18+,19-,20-,21-,22-/m0/s1. The SMILES string of the molecule is C[C@@]1(COS(C)(=O)=O)[C@H](O)CC[C@@]2(C)[C@H]1CC[C@H]1C[C@@H]3C[C@@]12CC[C@]3(O)COS(C)(=O)=O. The second-order valence-corrected chi connectivity index (χ2v) is 14.9. The van der Waals surface area contributed by atoms with Gasteiger partial charge in [0.05, 0.1) is 37.4 Å². The summed E-state index contributed by atoms with van der Waals surface area (Å²) in [5.41, 5.74) is -1.93. The van der Waals surface area contributed by atoms with Gasteiger partial charge in [-0.2, -0.15) is 16.8 Å². The van der Waals surface area contributed by atoms with E-state index in [0.717, 1.165) is 51.0 Å². The summed E-state index contributed by atoms with van der Waals surface area (Å²) in [7, 11) is -7.25. The first-order chi connectivity index (χ1) is 14.5. The third-order valence-electron chi connectivity index (χ3n) is 10.0. The van der Waals surface area contributed by atoms with Crippen LogP contribution in [0.4, 0.5) is 0 Å². The van der Waals surface area contributed by atoms with E-state index >= 15 is 0 Å². The molecule has 8 atom stereocenters. The molecule has 0 aromatic rings. The number of hydrogen-bond donors (Lipinski definition) is 2. The molecule has 4 fully saturated rings. The summed E-state index contributed by atoms with van der Waals surface area (Å²) in [4.78, 5) is 0. The van der Waals surface area contributed by atoms with Crippen molar-refractivity contribution >= 4 is 20.2 Å². The van der Waals surface area contributed by atoms with Crippen LogP contribution in [0.2, 0.25) is 0 Å². The van der Waals surface area contributed by atoms with Gasteiger partial charge in [0.1, 0.15) is 0 Å². The monoisotopic (exact) mass is 494 g/mol. The van der Waals surface area contributed by atoms with Gasteiger partial charge in [0.25, 0.3) is 20.2 Å². The van der Waals surface area contributed by atoms with Gasteiger partial charge >= 0.3 is 0 Å². The van der Waals surface area contributed by atoms with E-state index in [1.165, 1.54) is 0 Å². The Labute approximate surface area is 192 Å². The number of aliphatic hydroxyl groups is 2. The van der Waals surface area contributed by atoms with E-state index in [4.69, 9.17) is 8.37 Å². The molecular formula is C22H38O8S2. The van der Waals surface area contributed by atoms with Crippen molar-refractivity contribution in [2.24, 2.45) is 34.0 Å². The first-order valence-corrected chi connectivity index (χ1v) is 15.3. The predicted octanol–water partition coefficient (Wildman–Crippen LogP) is 2.05. The second-order valence-electron chi connectivity index (χ2n) is 11.6. The molecule has 4 aliphatic carbocycles. The Hall–Kier alpha value is -0.260. The third-order valence-corrected chi connectivity index (χ3v) is 11.1. The Morgan fingerprint density at radius 3 is 2.12 bits per heavy atom. The van der Waals surface area contributed by atoms with Gasteiger partial charge in [-0.25, -0.2) is 0 Å². The second kappa shape index (κ2) is 7.62. The van der Waals surface area contributed by atoms with E-state index in [1.807, 2.05) is 6.92 Å². The summed E-state index contributed by atoms with van der Waals surface area (Å²) in [6.45, 7) is 4.04. The van der Waals surface area contributed by atoms with Crippen LogP contribution in [-0.4, -0.2) is 64.5 Å². The predicted molar refractivity (Wildman–Crippen MR) is 119 cm³/mol. The Balaban J connectivity index is 1.63. The van der Waals surface area contributed by atoms with Crippen molar-refractivity contribution in [3.05, 3.63) is 0 Å². The summed E-state index contributed by atoms with van der Waals surface area (Å²) < 4.78 is 56.8. The molecule has 0 saturated heterocycles. The molecule has 186 valence electrons. The molecular weight excluding hydrogens is 456 g/mol. The lowest BCUT2D eigenvalue weighted by atomic mass is 9.39. The lowest BCUT2D eigenvalue weighted by Gasteiger charge is -2.66. The normalized spacial score (nSPS) is 48.8. The third kappa shape index (κ3) is 3.86. The number of rotatable bonds is 6. The Bertz CT molecular complexity index is 964. The van der Waals surface area contributed by atoms with E-state index in [1.54, 1.807) is 0 Å². The smallest absolute Gasteiger partial charge is 0.264 e. The van der Waals surface area contributed by atoms with Gasteiger partial charge in [-0.05, 0) is 80.0 Å². The minimum atomic E-state index is -3.63. The van der Waals surface area contributed by atoms with Crippen LogP contribution in [0.5, 0.6) is 0 Å². The molecule has 4 saturated carbocycles. The van der Waals surface area contributed by atoms with Crippen molar-refractivity contribution in [2.75, 3.05) is 25.7 Å². The minimum absolute atomic E-state index is 0.00953. The van der Waals surface area contributed by atoms with Gasteiger partial charge in [0, 0.05) is 5.41 Å². The highest BCUT2D eigenvalue weighted by Crippen LogP contribution is 2.75. The Kier molecular flexibility index (Phi) is 5.92. The first-order valence-electron chi connectivity index (χ1n) is 11.6. The van der Waals surface area contributed by atoms with Crippen molar-refractivity contribution in [1.82, 2.24) is 0 Å². The topological polar surface area (TPSA) is 127 Å². The molecule has 32 heavy (non-hydrogen) atoms. The summed E-state index contributed by atoms with van der Waals surface area (Å²) >= 11 is 0. The quantitative estimate of drug-likeness (QED) is 0.537. The highest BCUT2D eigenvalue weighted by atomic mass is 32.2.